The fourth-order valence-corrected chi connectivity index (χ4v) is 4.12. The van der Waals surface area contributed by atoms with Crippen molar-refractivity contribution in [2.45, 2.75) is 57.0 Å². The van der Waals surface area contributed by atoms with Crippen molar-refractivity contribution in [1.29, 1.82) is 0 Å². The number of likely N-dealkylation sites (tertiary alicyclic amines) is 1. The summed E-state index contributed by atoms with van der Waals surface area (Å²) in [5, 5.41) is 0. The Bertz CT molecular complexity index is 481. The van der Waals surface area contributed by atoms with Crippen LogP contribution in [-0.2, 0) is 11.2 Å². The fraction of sp³-hybridized carbons (Fsp3) is 0.632. The largest absolute Gasteiger partial charge is 0.341 e. The first kappa shape index (κ1) is 15.5. The molecule has 0 N–H and O–H groups in total. The molecular formula is C19H28N2O. The Morgan fingerprint density at radius 2 is 1.77 bits per heavy atom. The molecule has 1 amide bonds. The SMILES string of the molecule is CN(C(=O)Cc1ccccc1)C1CCCC[C@@H]1N1CCCC1. The van der Waals surface area contributed by atoms with E-state index >= 15 is 0 Å². The van der Waals surface area contributed by atoms with E-state index in [9.17, 15) is 4.79 Å². The maximum absolute atomic E-state index is 12.7. The van der Waals surface area contributed by atoms with Gasteiger partial charge >= 0.3 is 0 Å². The van der Waals surface area contributed by atoms with Crippen LogP contribution in [0.2, 0.25) is 0 Å². The molecule has 2 fully saturated rings. The molecule has 3 rings (SSSR count). The van der Waals surface area contributed by atoms with Crippen molar-refractivity contribution < 1.29 is 4.79 Å². The predicted octanol–water partition coefficient (Wildman–Crippen LogP) is 3.09. The van der Waals surface area contributed by atoms with Gasteiger partial charge in [-0.1, -0.05) is 43.2 Å². The highest BCUT2D eigenvalue weighted by Crippen LogP contribution is 2.29. The molecule has 1 aliphatic heterocycles. The minimum Gasteiger partial charge on any atom is -0.341 e. The van der Waals surface area contributed by atoms with E-state index < -0.39 is 0 Å². The molecule has 22 heavy (non-hydrogen) atoms. The average Bonchev–Trinajstić information content (AvgIpc) is 3.09. The number of nitrogens with zero attached hydrogens (tertiary/aromatic N) is 2. The van der Waals surface area contributed by atoms with Gasteiger partial charge in [0, 0.05) is 19.1 Å². The maximum atomic E-state index is 12.7. The smallest absolute Gasteiger partial charge is 0.227 e. The van der Waals surface area contributed by atoms with Gasteiger partial charge in [0.2, 0.25) is 5.91 Å². The van der Waals surface area contributed by atoms with Gasteiger partial charge in [0.1, 0.15) is 0 Å². The summed E-state index contributed by atoms with van der Waals surface area (Å²) >= 11 is 0. The number of rotatable bonds is 4. The van der Waals surface area contributed by atoms with Gasteiger partial charge in [0.25, 0.3) is 0 Å². The van der Waals surface area contributed by atoms with Gasteiger partial charge in [0.05, 0.1) is 6.42 Å². The molecule has 120 valence electrons. The minimum atomic E-state index is 0.266. The average molecular weight is 300 g/mol. The molecule has 1 aliphatic carbocycles. The van der Waals surface area contributed by atoms with E-state index in [2.05, 4.69) is 9.80 Å². The number of carbonyl (C=O) groups is 1. The molecule has 0 aromatic heterocycles. The van der Waals surface area contributed by atoms with Crippen LogP contribution in [0.1, 0.15) is 44.1 Å². The summed E-state index contributed by atoms with van der Waals surface area (Å²) < 4.78 is 0. The van der Waals surface area contributed by atoms with Crippen LogP contribution in [0.15, 0.2) is 30.3 Å². The lowest BCUT2D eigenvalue weighted by molar-refractivity contribution is -0.133. The van der Waals surface area contributed by atoms with E-state index in [4.69, 9.17) is 0 Å². The van der Waals surface area contributed by atoms with Crippen molar-refractivity contribution in [2.75, 3.05) is 20.1 Å². The summed E-state index contributed by atoms with van der Waals surface area (Å²) in [6.07, 6.45) is 8.18. The van der Waals surface area contributed by atoms with Crippen LogP contribution >= 0.6 is 0 Å². The number of benzene rings is 1. The van der Waals surface area contributed by atoms with Crippen molar-refractivity contribution in [3.8, 4) is 0 Å². The van der Waals surface area contributed by atoms with E-state index in [-0.39, 0.29) is 5.91 Å². The summed E-state index contributed by atoms with van der Waals surface area (Å²) in [7, 11) is 2.02. The zero-order chi connectivity index (χ0) is 15.4. The first-order chi connectivity index (χ1) is 10.8. The van der Waals surface area contributed by atoms with Crippen LogP contribution in [0.25, 0.3) is 0 Å². The standard InChI is InChI=1S/C19H28N2O/c1-20(19(22)15-16-9-3-2-4-10-16)17-11-5-6-12-18(17)21-13-7-8-14-21/h2-4,9-10,17-18H,5-8,11-15H2,1H3/t17?,18-/m0/s1. The van der Waals surface area contributed by atoms with Crippen molar-refractivity contribution >= 4 is 5.91 Å². The molecule has 1 unspecified atom stereocenters. The normalized spacial score (nSPS) is 26.0. The van der Waals surface area contributed by atoms with Crippen molar-refractivity contribution in [3.63, 3.8) is 0 Å². The van der Waals surface area contributed by atoms with Crippen molar-refractivity contribution in [1.82, 2.24) is 9.80 Å². The first-order valence-corrected chi connectivity index (χ1v) is 8.79. The third-order valence-electron chi connectivity index (χ3n) is 5.39. The first-order valence-electron chi connectivity index (χ1n) is 8.79. The van der Waals surface area contributed by atoms with E-state index in [1.54, 1.807) is 0 Å². The topological polar surface area (TPSA) is 23.6 Å². The van der Waals surface area contributed by atoms with Gasteiger partial charge in [-0.15, -0.1) is 0 Å². The highest BCUT2D eigenvalue weighted by Gasteiger charge is 2.35. The molecule has 1 saturated heterocycles. The lowest BCUT2D eigenvalue weighted by atomic mass is 9.88. The van der Waals surface area contributed by atoms with Crippen LogP contribution < -0.4 is 0 Å². The van der Waals surface area contributed by atoms with Gasteiger partial charge in [-0.25, -0.2) is 0 Å². The summed E-state index contributed by atoms with van der Waals surface area (Å²) in [6, 6.07) is 11.1. The summed E-state index contributed by atoms with van der Waals surface area (Å²) in [5.41, 5.74) is 1.12. The molecule has 1 aromatic carbocycles. The third-order valence-corrected chi connectivity index (χ3v) is 5.39. The van der Waals surface area contributed by atoms with Crippen LogP contribution in [0.3, 0.4) is 0 Å². The number of amides is 1. The molecule has 0 spiro atoms. The van der Waals surface area contributed by atoms with Crippen LogP contribution in [0.4, 0.5) is 0 Å². The van der Waals surface area contributed by atoms with Crippen molar-refractivity contribution in [3.05, 3.63) is 35.9 Å². The van der Waals surface area contributed by atoms with Gasteiger partial charge in [0.15, 0.2) is 0 Å². The quantitative estimate of drug-likeness (QED) is 0.853. The van der Waals surface area contributed by atoms with Crippen molar-refractivity contribution in [2.24, 2.45) is 0 Å². The zero-order valence-electron chi connectivity index (χ0n) is 13.7. The van der Waals surface area contributed by atoms with Crippen LogP contribution in [0, 0.1) is 0 Å². The molecule has 1 heterocycles. The highest BCUT2D eigenvalue weighted by atomic mass is 16.2. The Labute approximate surface area is 134 Å². The number of carbonyl (C=O) groups excluding carboxylic acids is 1. The summed E-state index contributed by atoms with van der Waals surface area (Å²) in [6.45, 7) is 2.45. The summed E-state index contributed by atoms with van der Waals surface area (Å²) in [4.78, 5) is 17.4. The molecule has 2 aliphatic rings. The second kappa shape index (κ2) is 7.28. The Balaban J connectivity index is 1.65. The van der Waals surface area contributed by atoms with Gasteiger partial charge < -0.3 is 4.90 Å². The second-order valence-corrected chi connectivity index (χ2v) is 6.83. The van der Waals surface area contributed by atoms with Gasteiger partial charge in [-0.2, -0.15) is 0 Å². The molecule has 0 bridgehead atoms. The monoisotopic (exact) mass is 300 g/mol. The number of hydrogen-bond donors (Lipinski definition) is 0. The van der Waals surface area contributed by atoms with Gasteiger partial charge in [-0.3, -0.25) is 9.69 Å². The Morgan fingerprint density at radius 1 is 1.09 bits per heavy atom. The summed E-state index contributed by atoms with van der Waals surface area (Å²) in [5.74, 6) is 0.266. The number of hydrogen-bond acceptors (Lipinski definition) is 2. The maximum Gasteiger partial charge on any atom is 0.227 e. The Morgan fingerprint density at radius 3 is 2.50 bits per heavy atom. The van der Waals surface area contributed by atoms with Crippen LogP contribution in [0.5, 0.6) is 0 Å². The fourth-order valence-electron chi connectivity index (χ4n) is 4.12. The lowest BCUT2D eigenvalue weighted by Gasteiger charge is -2.42. The molecule has 2 atom stereocenters. The minimum absolute atomic E-state index is 0.266. The van der Waals surface area contributed by atoms with E-state index in [1.165, 1.54) is 45.2 Å². The van der Waals surface area contributed by atoms with E-state index in [0.717, 1.165) is 12.0 Å². The highest BCUT2D eigenvalue weighted by molar-refractivity contribution is 5.78. The zero-order valence-corrected chi connectivity index (χ0v) is 13.7. The molecule has 3 heteroatoms. The van der Waals surface area contributed by atoms with Gasteiger partial charge in [-0.05, 0) is 44.3 Å². The molecule has 3 nitrogen and oxygen atoms in total. The van der Waals surface area contributed by atoms with Crippen LogP contribution in [-0.4, -0.2) is 47.9 Å². The lowest BCUT2D eigenvalue weighted by Crippen LogP contribution is -2.53. The third kappa shape index (κ3) is 3.52. The Kier molecular flexibility index (Phi) is 5.14. The molecular weight excluding hydrogens is 272 g/mol. The molecule has 0 radical (unpaired) electrons. The number of likely N-dealkylation sites (N-methyl/N-ethyl adjacent to an activating group) is 1. The second-order valence-electron chi connectivity index (χ2n) is 6.83. The predicted molar refractivity (Wildman–Crippen MR) is 89.8 cm³/mol. The molecule has 1 saturated carbocycles. The van der Waals surface area contributed by atoms with E-state index in [1.807, 2.05) is 37.4 Å². The van der Waals surface area contributed by atoms with E-state index in [0.29, 0.717) is 18.5 Å². The Hall–Kier alpha value is -1.35. The molecule has 1 aromatic rings.